The van der Waals surface area contributed by atoms with Crippen LogP contribution in [0, 0.1) is 23.7 Å². The van der Waals surface area contributed by atoms with Crippen molar-refractivity contribution in [3.05, 3.63) is 0 Å². The van der Waals surface area contributed by atoms with Crippen LogP contribution in [0.25, 0.3) is 0 Å². The fraction of sp³-hybridized carbons (Fsp3) is 0.943. The van der Waals surface area contributed by atoms with Crippen molar-refractivity contribution in [1.29, 1.82) is 0 Å². The van der Waals surface area contributed by atoms with Gasteiger partial charge in [0.15, 0.2) is 12.2 Å². The van der Waals surface area contributed by atoms with Gasteiger partial charge < -0.3 is 33.8 Å². The normalized spacial score (nSPS) is 14.3. The number of hydrogen-bond donors (Lipinski definition) is 3. The van der Waals surface area contributed by atoms with Crippen molar-refractivity contribution in [2.24, 2.45) is 23.7 Å². The van der Waals surface area contributed by atoms with Gasteiger partial charge in [-0.3, -0.25) is 37.3 Å². The summed E-state index contributed by atoms with van der Waals surface area (Å²) in [5, 5.41) is 10.6. The van der Waals surface area contributed by atoms with Crippen LogP contribution < -0.4 is 0 Å². The molecule has 0 amide bonds. The van der Waals surface area contributed by atoms with Crippen molar-refractivity contribution in [2.45, 2.75) is 363 Å². The van der Waals surface area contributed by atoms with Gasteiger partial charge in [-0.2, -0.15) is 0 Å². The largest absolute Gasteiger partial charge is 0.472 e. The smallest absolute Gasteiger partial charge is 0.462 e. The van der Waals surface area contributed by atoms with Crippen LogP contribution in [0.4, 0.5) is 0 Å². The van der Waals surface area contributed by atoms with Gasteiger partial charge in [0.1, 0.15) is 19.3 Å². The predicted molar refractivity (Wildman–Crippen MR) is 358 cm³/mol. The molecule has 0 saturated heterocycles. The van der Waals surface area contributed by atoms with Gasteiger partial charge in [-0.05, 0) is 49.4 Å². The number of aliphatic hydroxyl groups excluding tert-OH is 1. The van der Waals surface area contributed by atoms with E-state index in [0.717, 1.165) is 108 Å². The first-order valence-corrected chi connectivity index (χ1v) is 39.2. The van der Waals surface area contributed by atoms with Crippen LogP contribution >= 0.6 is 15.6 Å². The Balaban J connectivity index is 5.25. The van der Waals surface area contributed by atoms with Gasteiger partial charge in [0, 0.05) is 25.7 Å². The van der Waals surface area contributed by atoms with Gasteiger partial charge in [0.25, 0.3) is 0 Å². The molecule has 3 unspecified atom stereocenters. The van der Waals surface area contributed by atoms with Crippen molar-refractivity contribution in [1.82, 2.24) is 0 Å². The molecule has 17 nitrogen and oxygen atoms in total. The number of rotatable bonds is 67. The highest BCUT2D eigenvalue weighted by atomic mass is 31.2. The highest BCUT2D eigenvalue weighted by Crippen LogP contribution is 2.45. The first-order chi connectivity index (χ1) is 42.6. The highest BCUT2D eigenvalue weighted by molar-refractivity contribution is 7.47. The van der Waals surface area contributed by atoms with Crippen LogP contribution in [0.15, 0.2) is 0 Å². The van der Waals surface area contributed by atoms with E-state index in [1.165, 1.54) is 141 Å². The number of esters is 4. The molecule has 0 fully saturated rings. The Morgan fingerprint density at radius 2 is 0.472 bits per heavy atom. The number of carbonyl (C=O) groups is 4. The van der Waals surface area contributed by atoms with E-state index >= 15 is 0 Å². The molecule has 0 rings (SSSR count). The molecule has 0 aliphatic heterocycles. The highest BCUT2D eigenvalue weighted by Gasteiger charge is 2.30. The molecule has 89 heavy (non-hydrogen) atoms. The fourth-order valence-corrected chi connectivity index (χ4v) is 12.1. The van der Waals surface area contributed by atoms with Gasteiger partial charge >= 0.3 is 39.5 Å². The fourth-order valence-electron chi connectivity index (χ4n) is 10.5. The zero-order chi connectivity index (χ0) is 66.1. The van der Waals surface area contributed by atoms with E-state index < -0.39 is 97.5 Å². The third kappa shape index (κ3) is 64.6. The molecule has 0 bridgehead atoms. The molecule has 0 aromatic heterocycles. The quantitative estimate of drug-likeness (QED) is 0.0222. The number of phosphoric ester groups is 2. The minimum absolute atomic E-state index is 0.102. The Morgan fingerprint density at radius 1 is 0.281 bits per heavy atom. The summed E-state index contributed by atoms with van der Waals surface area (Å²) in [6.07, 6.45) is 41.8. The molecule has 0 aliphatic carbocycles. The lowest BCUT2D eigenvalue weighted by molar-refractivity contribution is -0.161. The number of carbonyl (C=O) groups excluding carboxylic acids is 4. The zero-order valence-corrected chi connectivity index (χ0v) is 59.8. The molecular weight excluding hydrogens is 1170 g/mol. The van der Waals surface area contributed by atoms with Crippen molar-refractivity contribution in [3.8, 4) is 0 Å². The van der Waals surface area contributed by atoms with E-state index in [1.54, 1.807) is 0 Å². The summed E-state index contributed by atoms with van der Waals surface area (Å²) in [6, 6.07) is 0. The third-order valence-corrected chi connectivity index (χ3v) is 18.0. The third-order valence-electron chi connectivity index (χ3n) is 16.1. The molecule has 0 aromatic carbocycles. The standard InChI is InChI=1S/C70H136O17P2/c1-60(2)46-38-30-22-16-12-9-10-14-18-26-34-42-50-67(72)80-56-65(86-69(74)52-44-36-27-19-15-11-13-17-23-31-39-47-61(3)4)58-84-88(76,77)82-54-64(71)55-83-89(78,79)85-59-66(87-70(75)53-45-37-29-21-25-33-41-49-63(7)8)57-81-68(73)51-43-35-28-20-24-32-40-48-62(5)6/h60-66,71H,9-59H2,1-8H3,(H,76,77)(H,78,79)/t64?,65-,66-/m1/s1. The molecular formula is C70H136O17P2. The molecule has 528 valence electrons. The number of ether oxygens (including phenoxy) is 4. The molecule has 0 aromatic rings. The van der Waals surface area contributed by atoms with Crippen molar-refractivity contribution >= 4 is 39.5 Å². The monoisotopic (exact) mass is 1310 g/mol. The Kier molecular flexibility index (Phi) is 58.5. The first-order valence-electron chi connectivity index (χ1n) is 36.2. The SMILES string of the molecule is CC(C)CCCCCCCCCCCCCCC(=O)OC[C@H](COP(=O)(O)OCC(O)COP(=O)(O)OC[C@@H](COC(=O)CCCCCCCCCC(C)C)OC(=O)CCCCCCCCCC(C)C)OC(=O)CCCCCCCCCCCCCC(C)C. The van der Waals surface area contributed by atoms with E-state index in [-0.39, 0.29) is 25.7 Å². The van der Waals surface area contributed by atoms with Gasteiger partial charge in [-0.25, -0.2) is 9.13 Å². The first kappa shape index (κ1) is 87.1. The number of hydrogen-bond acceptors (Lipinski definition) is 15. The summed E-state index contributed by atoms with van der Waals surface area (Å²) in [7, 11) is -9.90. The maximum Gasteiger partial charge on any atom is 0.472 e. The Labute approximate surface area is 543 Å². The van der Waals surface area contributed by atoms with Crippen LogP contribution in [-0.4, -0.2) is 96.7 Å². The summed E-state index contributed by atoms with van der Waals surface area (Å²) in [4.78, 5) is 72.5. The zero-order valence-electron chi connectivity index (χ0n) is 58.1. The number of aliphatic hydroxyl groups is 1. The topological polar surface area (TPSA) is 237 Å². The second-order valence-corrected chi connectivity index (χ2v) is 30.1. The van der Waals surface area contributed by atoms with Crippen molar-refractivity contribution in [3.63, 3.8) is 0 Å². The van der Waals surface area contributed by atoms with E-state index in [9.17, 15) is 43.2 Å². The summed E-state index contributed by atoms with van der Waals surface area (Å²) in [5.41, 5.74) is 0. The molecule has 5 atom stereocenters. The summed E-state index contributed by atoms with van der Waals surface area (Å²) in [5.74, 6) is 0.816. The second-order valence-electron chi connectivity index (χ2n) is 27.2. The lowest BCUT2D eigenvalue weighted by atomic mass is 10.0. The van der Waals surface area contributed by atoms with Crippen molar-refractivity contribution in [2.75, 3.05) is 39.6 Å². The number of phosphoric acid groups is 2. The summed E-state index contributed by atoms with van der Waals surface area (Å²) in [6.45, 7) is 14.0. The predicted octanol–water partition coefficient (Wildman–Crippen LogP) is 19.7. The Bertz CT molecular complexity index is 1760. The maximum atomic E-state index is 13.0. The average Bonchev–Trinajstić information content (AvgIpc) is 3.62. The van der Waals surface area contributed by atoms with E-state index in [4.69, 9.17) is 37.0 Å². The summed E-state index contributed by atoms with van der Waals surface area (Å²) >= 11 is 0. The van der Waals surface area contributed by atoms with Gasteiger partial charge in [-0.1, -0.05) is 293 Å². The average molecular weight is 1310 g/mol. The van der Waals surface area contributed by atoms with Crippen molar-refractivity contribution < 1.29 is 80.2 Å². The lowest BCUT2D eigenvalue weighted by Crippen LogP contribution is -2.30. The van der Waals surface area contributed by atoms with E-state index in [2.05, 4.69) is 55.4 Å². The number of unbranched alkanes of at least 4 members (excludes halogenated alkanes) is 33. The van der Waals surface area contributed by atoms with Crippen LogP contribution in [-0.2, 0) is 65.4 Å². The van der Waals surface area contributed by atoms with Gasteiger partial charge in [0.2, 0.25) is 0 Å². The Hall–Kier alpha value is -1.94. The van der Waals surface area contributed by atoms with Crippen LogP contribution in [0.3, 0.4) is 0 Å². The minimum atomic E-state index is -4.95. The van der Waals surface area contributed by atoms with E-state index in [1.807, 2.05) is 0 Å². The maximum absolute atomic E-state index is 13.0. The molecule has 0 saturated carbocycles. The molecule has 0 spiro atoms. The molecule has 0 radical (unpaired) electrons. The Morgan fingerprint density at radius 3 is 0.697 bits per heavy atom. The summed E-state index contributed by atoms with van der Waals surface area (Å²) < 4.78 is 68.2. The van der Waals surface area contributed by atoms with Crippen LogP contribution in [0.2, 0.25) is 0 Å². The molecule has 19 heteroatoms. The second kappa shape index (κ2) is 59.8. The molecule has 0 aliphatic rings. The molecule has 3 N–H and O–H groups in total. The van der Waals surface area contributed by atoms with Gasteiger partial charge in [-0.15, -0.1) is 0 Å². The van der Waals surface area contributed by atoms with Crippen LogP contribution in [0.1, 0.15) is 344 Å². The minimum Gasteiger partial charge on any atom is -0.462 e. The lowest BCUT2D eigenvalue weighted by Gasteiger charge is -2.21. The van der Waals surface area contributed by atoms with Gasteiger partial charge in [0.05, 0.1) is 26.4 Å². The van der Waals surface area contributed by atoms with Crippen LogP contribution in [0.5, 0.6) is 0 Å². The molecule has 0 heterocycles. The van der Waals surface area contributed by atoms with E-state index in [0.29, 0.717) is 37.5 Å².